The van der Waals surface area contributed by atoms with Crippen molar-refractivity contribution >= 4 is 17.4 Å². The Balaban J connectivity index is 2.02. The van der Waals surface area contributed by atoms with E-state index in [-0.39, 0.29) is 16.7 Å². The van der Waals surface area contributed by atoms with Crippen LogP contribution < -0.4 is 0 Å². The predicted octanol–water partition coefficient (Wildman–Crippen LogP) is 3.64. The van der Waals surface area contributed by atoms with Gasteiger partial charge in [0.25, 0.3) is 0 Å². The summed E-state index contributed by atoms with van der Waals surface area (Å²) in [7, 11) is 0. The minimum atomic E-state index is -0.453. The number of ketones is 1. The van der Waals surface area contributed by atoms with Gasteiger partial charge in [0, 0.05) is 12.3 Å². The van der Waals surface area contributed by atoms with Gasteiger partial charge in [-0.25, -0.2) is 4.39 Å². The maximum Gasteiger partial charge on any atom is 0.142 e. The quantitative estimate of drug-likeness (QED) is 0.785. The molecular weight excluding hydrogens is 227 g/mol. The van der Waals surface area contributed by atoms with Crippen LogP contribution in [-0.2, 0) is 11.2 Å². The highest BCUT2D eigenvalue weighted by Crippen LogP contribution is 2.37. The van der Waals surface area contributed by atoms with Crippen molar-refractivity contribution in [3.8, 4) is 0 Å². The molecule has 86 valence electrons. The van der Waals surface area contributed by atoms with E-state index in [2.05, 4.69) is 0 Å². The molecule has 0 aromatic heterocycles. The Morgan fingerprint density at radius 1 is 1.56 bits per heavy atom. The molecular formula is C13H14ClFO. The summed E-state index contributed by atoms with van der Waals surface area (Å²) in [5.41, 5.74) is 0.708. The van der Waals surface area contributed by atoms with Crippen molar-refractivity contribution < 1.29 is 9.18 Å². The maximum atomic E-state index is 13.2. The van der Waals surface area contributed by atoms with E-state index in [9.17, 15) is 9.18 Å². The first-order valence-corrected chi connectivity index (χ1v) is 5.92. The maximum absolute atomic E-state index is 13.2. The molecule has 0 saturated heterocycles. The minimum absolute atomic E-state index is 0.103. The average molecular weight is 241 g/mol. The van der Waals surface area contributed by atoms with Crippen molar-refractivity contribution in [3.05, 3.63) is 34.6 Å². The van der Waals surface area contributed by atoms with Crippen LogP contribution in [0, 0.1) is 17.7 Å². The topological polar surface area (TPSA) is 17.1 Å². The highest BCUT2D eigenvalue weighted by molar-refractivity contribution is 6.30. The fourth-order valence-corrected chi connectivity index (χ4v) is 1.99. The van der Waals surface area contributed by atoms with E-state index in [1.54, 1.807) is 6.07 Å². The third-order valence-corrected chi connectivity index (χ3v) is 3.51. The Morgan fingerprint density at radius 2 is 2.25 bits per heavy atom. The molecule has 1 unspecified atom stereocenters. The molecule has 1 nitrogen and oxygen atoms in total. The van der Waals surface area contributed by atoms with Gasteiger partial charge in [-0.3, -0.25) is 4.79 Å². The lowest BCUT2D eigenvalue weighted by Gasteiger charge is -2.08. The third kappa shape index (κ3) is 2.62. The Bertz CT molecular complexity index is 412. The molecule has 0 bridgehead atoms. The highest BCUT2D eigenvalue weighted by Gasteiger charge is 2.32. The predicted molar refractivity (Wildman–Crippen MR) is 62.0 cm³/mol. The highest BCUT2D eigenvalue weighted by atomic mass is 35.5. The first kappa shape index (κ1) is 11.6. The van der Waals surface area contributed by atoms with Gasteiger partial charge in [0.1, 0.15) is 11.6 Å². The van der Waals surface area contributed by atoms with Crippen molar-refractivity contribution in [3.63, 3.8) is 0 Å². The Kier molecular flexibility index (Phi) is 3.29. The Labute approximate surface area is 99.6 Å². The van der Waals surface area contributed by atoms with Crippen LogP contribution in [0.3, 0.4) is 0 Å². The average Bonchev–Trinajstić information content (AvgIpc) is 3.06. The molecule has 0 N–H and O–H groups in total. The van der Waals surface area contributed by atoms with E-state index in [1.807, 2.05) is 6.92 Å². The van der Waals surface area contributed by atoms with E-state index in [0.29, 0.717) is 17.9 Å². The minimum Gasteiger partial charge on any atom is -0.299 e. The molecule has 0 amide bonds. The number of rotatable bonds is 4. The molecule has 1 aliphatic rings. The van der Waals surface area contributed by atoms with Crippen molar-refractivity contribution in [1.29, 1.82) is 0 Å². The third-order valence-electron chi connectivity index (χ3n) is 3.20. The second-order valence-corrected chi connectivity index (χ2v) is 4.92. The zero-order valence-corrected chi connectivity index (χ0v) is 9.93. The molecule has 1 aromatic rings. The zero-order valence-electron chi connectivity index (χ0n) is 9.17. The van der Waals surface area contributed by atoms with Gasteiger partial charge < -0.3 is 0 Å². The second kappa shape index (κ2) is 4.54. The largest absolute Gasteiger partial charge is 0.299 e. The molecule has 3 heteroatoms. The number of halogens is 2. The fraction of sp³-hybridized carbons (Fsp3) is 0.462. The summed E-state index contributed by atoms with van der Waals surface area (Å²) in [5.74, 6) is 0.415. The molecule has 1 aromatic carbocycles. The van der Waals surface area contributed by atoms with E-state index in [0.717, 1.165) is 12.8 Å². The first-order valence-electron chi connectivity index (χ1n) is 5.54. The molecule has 0 heterocycles. The SMILES string of the molecule is CC(C(=O)Cc1ccc(Cl)c(F)c1)C1CC1. The van der Waals surface area contributed by atoms with Crippen molar-refractivity contribution in [1.82, 2.24) is 0 Å². The van der Waals surface area contributed by atoms with Crippen LogP contribution in [0.25, 0.3) is 0 Å². The molecule has 1 atom stereocenters. The number of Topliss-reactive ketones (excluding diaryl/α,β-unsaturated/α-hetero) is 1. The second-order valence-electron chi connectivity index (χ2n) is 4.52. The lowest BCUT2D eigenvalue weighted by atomic mass is 9.95. The van der Waals surface area contributed by atoms with Gasteiger partial charge in [0.2, 0.25) is 0 Å². The van der Waals surface area contributed by atoms with E-state index in [1.165, 1.54) is 12.1 Å². The van der Waals surface area contributed by atoms with Gasteiger partial charge in [-0.05, 0) is 36.5 Å². The number of hydrogen-bond acceptors (Lipinski definition) is 1. The van der Waals surface area contributed by atoms with Crippen LogP contribution in [-0.4, -0.2) is 5.78 Å². The molecule has 0 aliphatic heterocycles. The van der Waals surface area contributed by atoms with Crippen molar-refractivity contribution in [2.45, 2.75) is 26.2 Å². The van der Waals surface area contributed by atoms with E-state index >= 15 is 0 Å². The summed E-state index contributed by atoms with van der Waals surface area (Å²) in [4.78, 5) is 11.8. The van der Waals surface area contributed by atoms with Crippen LogP contribution in [0.1, 0.15) is 25.3 Å². The number of carbonyl (C=O) groups excluding carboxylic acids is 1. The number of benzene rings is 1. The molecule has 1 saturated carbocycles. The molecule has 2 rings (SSSR count). The molecule has 1 fully saturated rings. The Hall–Kier alpha value is -0.890. The van der Waals surface area contributed by atoms with Crippen LogP contribution in [0.15, 0.2) is 18.2 Å². The van der Waals surface area contributed by atoms with E-state index in [4.69, 9.17) is 11.6 Å². The smallest absolute Gasteiger partial charge is 0.142 e. The monoisotopic (exact) mass is 240 g/mol. The van der Waals surface area contributed by atoms with Gasteiger partial charge >= 0.3 is 0 Å². The molecule has 0 spiro atoms. The number of hydrogen-bond donors (Lipinski definition) is 0. The van der Waals surface area contributed by atoms with E-state index < -0.39 is 5.82 Å². The van der Waals surface area contributed by atoms with Crippen LogP contribution >= 0.6 is 11.6 Å². The van der Waals surface area contributed by atoms with Gasteiger partial charge in [-0.15, -0.1) is 0 Å². The summed E-state index contributed by atoms with van der Waals surface area (Å²) in [5, 5.41) is 0.103. The zero-order chi connectivity index (χ0) is 11.7. The van der Waals surface area contributed by atoms with Crippen LogP contribution in [0.2, 0.25) is 5.02 Å². The van der Waals surface area contributed by atoms with Gasteiger partial charge in [0.05, 0.1) is 5.02 Å². The number of carbonyl (C=O) groups is 1. The first-order chi connectivity index (χ1) is 7.58. The van der Waals surface area contributed by atoms with Gasteiger partial charge in [-0.1, -0.05) is 24.6 Å². The summed E-state index contributed by atoms with van der Waals surface area (Å²) >= 11 is 5.58. The molecule has 1 aliphatic carbocycles. The summed E-state index contributed by atoms with van der Waals surface area (Å²) in [6.07, 6.45) is 2.62. The van der Waals surface area contributed by atoms with Crippen molar-refractivity contribution in [2.24, 2.45) is 11.8 Å². The normalized spacial score (nSPS) is 17.2. The lowest BCUT2D eigenvalue weighted by molar-refractivity contribution is -0.122. The molecule has 16 heavy (non-hydrogen) atoms. The van der Waals surface area contributed by atoms with Crippen LogP contribution in [0.5, 0.6) is 0 Å². The molecule has 0 radical (unpaired) electrons. The summed E-state index contributed by atoms with van der Waals surface area (Å²) in [6, 6.07) is 4.56. The fourth-order valence-electron chi connectivity index (χ4n) is 1.87. The Morgan fingerprint density at radius 3 is 2.81 bits per heavy atom. The van der Waals surface area contributed by atoms with Crippen LogP contribution in [0.4, 0.5) is 4.39 Å². The van der Waals surface area contributed by atoms with Gasteiger partial charge in [0.15, 0.2) is 0 Å². The standard InChI is InChI=1S/C13H14ClFO/c1-8(10-3-4-10)13(16)7-9-2-5-11(14)12(15)6-9/h2,5-6,8,10H,3-4,7H2,1H3. The van der Waals surface area contributed by atoms with Crippen molar-refractivity contribution in [2.75, 3.05) is 0 Å². The summed E-state index contributed by atoms with van der Waals surface area (Å²) < 4.78 is 13.2. The summed E-state index contributed by atoms with van der Waals surface area (Å²) in [6.45, 7) is 1.96. The lowest BCUT2D eigenvalue weighted by Crippen LogP contribution is -2.15. The van der Waals surface area contributed by atoms with Gasteiger partial charge in [-0.2, -0.15) is 0 Å².